The normalized spacial score (nSPS) is 9.71. The van der Waals surface area contributed by atoms with Gasteiger partial charge in [-0.1, -0.05) is 13.2 Å². The molecule has 14 heavy (non-hydrogen) atoms. The second-order valence-electron chi connectivity index (χ2n) is 2.22. The zero-order valence-electron chi connectivity index (χ0n) is 7.25. The highest BCUT2D eigenvalue weighted by atomic mass is 19.3. The number of halogens is 6. The molecule has 0 radical (unpaired) electrons. The first-order valence-electron chi connectivity index (χ1n) is 3.48. The zero-order chi connectivity index (χ0) is 11.7. The number of rotatable bonds is 4. The molecule has 0 aromatic rings. The van der Waals surface area contributed by atoms with Gasteiger partial charge in [-0.2, -0.15) is 0 Å². The summed E-state index contributed by atoms with van der Waals surface area (Å²) >= 11 is 0. The largest absolute Gasteiger partial charge is 0.244 e. The number of hydrogen-bond donors (Lipinski definition) is 0. The number of allylic oxidation sites excluding steroid dienone is 2. The van der Waals surface area contributed by atoms with Gasteiger partial charge in [-0.25, -0.2) is 26.3 Å². The average Bonchev–Trinajstić information content (AvgIpc) is 1.79. The third-order valence-electron chi connectivity index (χ3n) is 0.752. The Hall–Kier alpha value is -0.940. The van der Waals surface area contributed by atoms with Crippen molar-refractivity contribution < 1.29 is 26.3 Å². The quantitative estimate of drug-likeness (QED) is 0.621. The van der Waals surface area contributed by atoms with E-state index in [1.54, 1.807) is 0 Å². The second-order valence-corrected chi connectivity index (χ2v) is 2.22. The van der Waals surface area contributed by atoms with Crippen molar-refractivity contribution >= 4 is 0 Å². The molecule has 0 nitrogen and oxygen atoms in total. The van der Waals surface area contributed by atoms with E-state index in [4.69, 9.17) is 0 Å². The Labute approximate surface area is 77.9 Å². The minimum atomic E-state index is -2.60. The van der Waals surface area contributed by atoms with E-state index in [0.717, 1.165) is 0 Å². The van der Waals surface area contributed by atoms with Gasteiger partial charge in [0.25, 0.3) is 0 Å². The van der Waals surface area contributed by atoms with Crippen molar-refractivity contribution in [3.63, 3.8) is 0 Å². The van der Waals surface area contributed by atoms with Crippen LogP contribution in [0.1, 0.15) is 12.8 Å². The Morgan fingerprint density at radius 2 is 1.00 bits per heavy atom. The van der Waals surface area contributed by atoms with Crippen LogP contribution in [0.5, 0.6) is 0 Å². The van der Waals surface area contributed by atoms with Crippen LogP contribution in [0.15, 0.2) is 24.8 Å². The van der Waals surface area contributed by atoms with Gasteiger partial charge in [0.2, 0.25) is 12.9 Å². The molecule has 0 aliphatic heterocycles. The van der Waals surface area contributed by atoms with Crippen LogP contribution in [-0.4, -0.2) is 12.9 Å². The van der Waals surface area contributed by atoms with E-state index < -0.39 is 37.3 Å². The van der Waals surface area contributed by atoms with Gasteiger partial charge < -0.3 is 0 Å². The van der Waals surface area contributed by atoms with Crippen LogP contribution in [0, 0.1) is 0 Å². The first kappa shape index (κ1) is 15.5. The van der Waals surface area contributed by atoms with E-state index in [2.05, 4.69) is 13.2 Å². The first-order chi connectivity index (χ1) is 6.25. The highest BCUT2D eigenvalue weighted by Gasteiger charge is 2.03. The molecule has 0 spiro atoms. The minimum Gasteiger partial charge on any atom is -0.212 e. The maximum atomic E-state index is 11.3. The summed E-state index contributed by atoms with van der Waals surface area (Å²) in [6, 6.07) is 0. The fourth-order valence-corrected chi connectivity index (χ4v) is 0.335. The Morgan fingerprint density at radius 3 is 1.00 bits per heavy atom. The number of alkyl halides is 4. The molecular formula is C8H10F6. The maximum Gasteiger partial charge on any atom is 0.244 e. The molecule has 0 aromatic carbocycles. The molecule has 0 bridgehead atoms. The predicted octanol–water partition coefficient (Wildman–Crippen LogP) is 4.25. The molecule has 0 atom stereocenters. The average molecular weight is 220 g/mol. The summed E-state index contributed by atoms with van der Waals surface area (Å²) in [5.41, 5.74) is 0. The Bertz CT molecular complexity index is 155. The van der Waals surface area contributed by atoms with E-state index in [1.165, 1.54) is 0 Å². The van der Waals surface area contributed by atoms with E-state index in [-0.39, 0.29) is 0 Å². The van der Waals surface area contributed by atoms with E-state index in [0.29, 0.717) is 0 Å². The fourth-order valence-electron chi connectivity index (χ4n) is 0.335. The minimum absolute atomic E-state index is 0.833. The predicted molar refractivity (Wildman–Crippen MR) is 41.7 cm³/mol. The second kappa shape index (κ2) is 8.65. The van der Waals surface area contributed by atoms with Crippen molar-refractivity contribution in [2.75, 3.05) is 0 Å². The van der Waals surface area contributed by atoms with Gasteiger partial charge in [0.1, 0.15) is 0 Å². The molecule has 0 heterocycles. The molecular weight excluding hydrogens is 210 g/mol. The molecule has 0 fully saturated rings. The van der Waals surface area contributed by atoms with Gasteiger partial charge in [-0.3, -0.25) is 0 Å². The molecule has 0 saturated heterocycles. The van der Waals surface area contributed by atoms with Crippen molar-refractivity contribution in [2.45, 2.75) is 25.7 Å². The fraction of sp³-hybridized carbons (Fsp3) is 0.500. The highest BCUT2D eigenvalue weighted by Crippen LogP contribution is 2.07. The summed E-state index contributed by atoms with van der Waals surface area (Å²) in [6.07, 6.45) is -6.87. The van der Waals surface area contributed by atoms with Crippen LogP contribution >= 0.6 is 0 Å². The summed E-state index contributed by atoms with van der Waals surface area (Å²) < 4.78 is 66.5. The van der Waals surface area contributed by atoms with E-state index in [1.807, 2.05) is 0 Å². The number of hydrogen-bond acceptors (Lipinski definition) is 0. The third kappa shape index (κ3) is 22.5. The smallest absolute Gasteiger partial charge is 0.212 e. The lowest BCUT2D eigenvalue weighted by molar-refractivity contribution is 0.141. The molecule has 0 unspecified atom stereocenters. The maximum absolute atomic E-state index is 11.3. The molecule has 0 rings (SSSR count). The van der Waals surface area contributed by atoms with Gasteiger partial charge in [-0.15, -0.1) is 0 Å². The van der Waals surface area contributed by atoms with Crippen LogP contribution in [-0.2, 0) is 0 Å². The van der Waals surface area contributed by atoms with E-state index >= 15 is 0 Å². The molecule has 6 heteroatoms. The van der Waals surface area contributed by atoms with Crippen LogP contribution in [0.25, 0.3) is 0 Å². The molecule has 0 aliphatic carbocycles. The van der Waals surface area contributed by atoms with Crippen molar-refractivity contribution in [3.8, 4) is 0 Å². The standard InChI is InChI=1S/2C4H5F3/c2*1-3(5)2-4(6)7/h2*4H,1-2H2. The van der Waals surface area contributed by atoms with Crippen LogP contribution in [0.2, 0.25) is 0 Å². The highest BCUT2D eigenvalue weighted by molar-refractivity contribution is 4.80. The van der Waals surface area contributed by atoms with Crippen molar-refractivity contribution in [3.05, 3.63) is 24.8 Å². The van der Waals surface area contributed by atoms with Crippen molar-refractivity contribution in [1.29, 1.82) is 0 Å². The summed E-state index contributed by atoms with van der Waals surface area (Å²) in [7, 11) is 0. The zero-order valence-corrected chi connectivity index (χ0v) is 7.25. The molecule has 0 aliphatic rings. The Balaban J connectivity index is 0. The van der Waals surface area contributed by atoms with Crippen LogP contribution < -0.4 is 0 Å². The molecule has 84 valence electrons. The lowest BCUT2D eigenvalue weighted by Gasteiger charge is -1.89. The summed E-state index contributed by atoms with van der Waals surface area (Å²) in [6.45, 7) is 5.30. The molecule has 0 amide bonds. The van der Waals surface area contributed by atoms with Crippen molar-refractivity contribution in [2.24, 2.45) is 0 Å². The summed E-state index contributed by atoms with van der Waals surface area (Å²) in [5.74, 6) is -1.93. The molecule has 0 saturated carbocycles. The summed E-state index contributed by atoms with van der Waals surface area (Å²) in [5, 5.41) is 0. The van der Waals surface area contributed by atoms with Gasteiger partial charge in [0.05, 0.1) is 24.5 Å². The van der Waals surface area contributed by atoms with Gasteiger partial charge in [0.15, 0.2) is 0 Å². The van der Waals surface area contributed by atoms with Crippen LogP contribution in [0.4, 0.5) is 26.3 Å². The SMILES string of the molecule is C=C(F)CC(F)F.C=C(F)CC(F)F. The topological polar surface area (TPSA) is 0 Å². The van der Waals surface area contributed by atoms with Gasteiger partial charge >= 0.3 is 0 Å². The van der Waals surface area contributed by atoms with Crippen LogP contribution in [0.3, 0.4) is 0 Å². The lowest BCUT2D eigenvalue weighted by Crippen LogP contribution is -1.87. The Morgan fingerprint density at radius 1 is 0.786 bits per heavy atom. The van der Waals surface area contributed by atoms with Crippen molar-refractivity contribution in [1.82, 2.24) is 0 Å². The monoisotopic (exact) mass is 220 g/mol. The lowest BCUT2D eigenvalue weighted by atomic mass is 10.4. The molecule has 0 aromatic heterocycles. The summed E-state index contributed by atoms with van der Waals surface area (Å²) in [4.78, 5) is 0. The molecule has 0 N–H and O–H groups in total. The van der Waals surface area contributed by atoms with E-state index in [9.17, 15) is 26.3 Å². The van der Waals surface area contributed by atoms with Gasteiger partial charge in [-0.05, 0) is 0 Å². The Kier molecular flexibility index (Phi) is 9.59. The van der Waals surface area contributed by atoms with Gasteiger partial charge in [0, 0.05) is 0 Å². The third-order valence-corrected chi connectivity index (χ3v) is 0.752. The first-order valence-corrected chi connectivity index (χ1v) is 3.48.